The van der Waals surface area contributed by atoms with Crippen molar-refractivity contribution < 1.29 is 37.9 Å². The lowest BCUT2D eigenvalue weighted by Gasteiger charge is -2.15. The second-order valence-corrected chi connectivity index (χ2v) is 18.6. The molecule has 0 saturated heterocycles. The zero-order valence-electron chi connectivity index (χ0n) is 39.2. The van der Waals surface area contributed by atoms with Crippen LogP contribution in [0, 0.1) is 0 Å². The number of phosphoric acid groups is 1. The molecule has 1 amide bonds. The average molecular weight is 870 g/mol. The maximum absolute atomic E-state index is 12.1. The number of hydrogen-bond donors (Lipinski definition) is 3. The number of carbonyl (C=O) groups excluding carboxylic acids is 2. The summed E-state index contributed by atoms with van der Waals surface area (Å²) in [5.41, 5.74) is 0. The third-order valence-electron chi connectivity index (χ3n) is 11.1. The Labute approximate surface area is 370 Å². The predicted molar refractivity (Wildman–Crippen MR) is 252 cm³/mol. The molecule has 3 N–H and O–H groups in total. The number of aliphatic hydroxyl groups excluding tert-OH is 1. The van der Waals surface area contributed by atoms with Gasteiger partial charge in [-0.3, -0.25) is 18.6 Å². The summed E-state index contributed by atoms with van der Waals surface area (Å²) in [6.45, 7) is 3.57. The molecule has 0 fully saturated rings. The Kier molecular flexibility index (Phi) is 45.8. The standard InChI is InChI=1S/C50H96NO8P/c1-3-5-7-9-11-13-15-17-19-21-23-24-25-27-29-31-33-35-37-39-41-43-50(54)57-46-48(52)47-59-60(55,56)58-45-44-51-49(53)42-40-38-36-34-32-30-28-26-22-20-18-16-14-12-10-8-6-4-2/h14,16,20,22,48,52H,3-13,15,17-19,21,23-47H2,1-2H3,(H,51,53)(H,55,56)/b16-14-,22-20-. The van der Waals surface area contributed by atoms with Crippen LogP contribution in [0.4, 0.5) is 0 Å². The molecule has 2 unspecified atom stereocenters. The molecule has 60 heavy (non-hydrogen) atoms. The van der Waals surface area contributed by atoms with Crippen molar-refractivity contribution in [2.45, 2.75) is 258 Å². The summed E-state index contributed by atoms with van der Waals surface area (Å²) >= 11 is 0. The fourth-order valence-electron chi connectivity index (χ4n) is 7.30. The topological polar surface area (TPSA) is 131 Å². The highest BCUT2D eigenvalue weighted by molar-refractivity contribution is 7.47. The first-order chi connectivity index (χ1) is 29.3. The fourth-order valence-corrected chi connectivity index (χ4v) is 8.05. The number of nitrogens with one attached hydrogen (secondary N) is 1. The third kappa shape index (κ3) is 47.5. The van der Waals surface area contributed by atoms with E-state index in [9.17, 15) is 24.2 Å². The zero-order valence-corrected chi connectivity index (χ0v) is 40.1. The number of rotatable bonds is 48. The number of aliphatic hydroxyl groups is 1. The minimum atomic E-state index is -4.42. The quantitative estimate of drug-likeness (QED) is 0.0238. The largest absolute Gasteiger partial charge is 0.472 e. The Morgan fingerprint density at radius 3 is 1.35 bits per heavy atom. The van der Waals surface area contributed by atoms with Crippen LogP contribution in [0.3, 0.4) is 0 Å². The van der Waals surface area contributed by atoms with Crippen LogP contribution in [-0.2, 0) is 27.9 Å². The number of amides is 1. The van der Waals surface area contributed by atoms with E-state index in [1.165, 1.54) is 173 Å². The Hall–Kier alpha value is -1.51. The summed E-state index contributed by atoms with van der Waals surface area (Å²) < 4.78 is 27.0. The van der Waals surface area contributed by atoms with E-state index in [1.807, 2.05) is 0 Å². The van der Waals surface area contributed by atoms with Crippen LogP contribution >= 0.6 is 7.82 Å². The summed E-state index contributed by atoms with van der Waals surface area (Å²) in [5.74, 6) is -0.513. The maximum Gasteiger partial charge on any atom is 0.472 e. The van der Waals surface area contributed by atoms with Crippen LogP contribution in [0.5, 0.6) is 0 Å². The van der Waals surface area contributed by atoms with Gasteiger partial charge in [-0.1, -0.05) is 218 Å². The lowest BCUT2D eigenvalue weighted by atomic mass is 10.0. The SMILES string of the molecule is CCCCCC/C=C\C/C=C\CCCCCCCCCC(=O)NCCOP(=O)(O)OCC(O)COC(=O)CCCCCCCCCCCCCCCCCCCCCCC. The summed E-state index contributed by atoms with van der Waals surface area (Å²) in [5, 5.41) is 12.7. The number of unbranched alkanes of at least 4 members (excludes halogenated alkanes) is 31. The summed E-state index contributed by atoms with van der Waals surface area (Å²) in [6, 6.07) is 0. The molecule has 0 aliphatic rings. The number of allylic oxidation sites excluding steroid dienone is 4. The van der Waals surface area contributed by atoms with Crippen LogP contribution in [0.25, 0.3) is 0 Å². The monoisotopic (exact) mass is 870 g/mol. The molecule has 0 aliphatic carbocycles. The van der Waals surface area contributed by atoms with E-state index in [-0.39, 0.29) is 32.1 Å². The van der Waals surface area contributed by atoms with Crippen molar-refractivity contribution in [1.82, 2.24) is 5.32 Å². The van der Waals surface area contributed by atoms with Crippen molar-refractivity contribution in [3.05, 3.63) is 24.3 Å². The molecule has 0 spiro atoms. The van der Waals surface area contributed by atoms with Gasteiger partial charge in [0, 0.05) is 19.4 Å². The molecule has 0 aliphatic heterocycles. The lowest BCUT2D eigenvalue weighted by molar-refractivity contribution is -0.147. The van der Waals surface area contributed by atoms with E-state index < -0.39 is 26.5 Å². The Balaban J connectivity index is 3.54. The van der Waals surface area contributed by atoms with Gasteiger partial charge < -0.3 is 20.1 Å². The molecule has 9 nitrogen and oxygen atoms in total. The average Bonchev–Trinajstić information content (AvgIpc) is 3.23. The molecule has 0 radical (unpaired) electrons. The Bertz CT molecular complexity index is 1040. The molecule has 0 aromatic rings. The van der Waals surface area contributed by atoms with Crippen molar-refractivity contribution in [3.8, 4) is 0 Å². The highest BCUT2D eigenvalue weighted by atomic mass is 31.2. The second-order valence-electron chi connectivity index (χ2n) is 17.1. The van der Waals surface area contributed by atoms with Crippen LogP contribution in [-0.4, -0.2) is 54.3 Å². The molecule has 354 valence electrons. The van der Waals surface area contributed by atoms with Crippen molar-refractivity contribution in [2.75, 3.05) is 26.4 Å². The minimum Gasteiger partial charge on any atom is -0.463 e. The van der Waals surface area contributed by atoms with E-state index in [4.69, 9.17) is 13.8 Å². The first-order valence-corrected chi connectivity index (χ1v) is 26.8. The normalized spacial score (nSPS) is 13.3. The van der Waals surface area contributed by atoms with Gasteiger partial charge in [-0.25, -0.2) is 4.57 Å². The number of ether oxygens (including phenoxy) is 1. The molecular weight excluding hydrogens is 774 g/mol. The van der Waals surface area contributed by atoms with Gasteiger partial charge in [0.1, 0.15) is 12.7 Å². The molecule has 0 aromatic carbocycles. The summed E-state index contributed by atoms with van der Waals surface area (Å²) in [4.78, 5) is 34.0. The van der Waals surface area contributed by atoms with E-state index >= 15 is 0 Å². The summed E-state index contributed by atoms with van der Waals surface area (Å²) in [6.07, 6.45) is 52.6. The summed E-state index contributed by atoms with van der Waals surface area (Å²) in [7, 11) is -4.42. The van der Waals surface area contributed by atoms with Gasteiger partial charge in [0.05, 0.1) is 13.2 Å². The van der Waals surface area contributed by atoms with Crippen LogP contribution in [0.1, 0.15) is 251 Å². The van der Waals surface area contributed by atoms with Gasteiger partial charge in [-0.15, -0.1) is 0 Å². The Morgan fingerprint density at radius 2 is 0.900 bits per heavy atom. The minimum absolute atomic E-state index is 0.0796. The van der Waals surface area contributed by atoms with Gasteiger partial charge in [-0.05, 0) is 44.9 Å². The van der Waals surface area contributed by atoms with Gasteiger partial charge >= 0.3 is 13.8 Å². The third-order valence-corrected chi connectivity index (χ3v) is 12.1. The lowest BCUT2D eigenvalue weighted by Crippen LogP contribution is -2.27. The molecular formula is C50H96NO8P. The van der Waals surface area contributed by atoms with Gasteiger partial charge in [-0.2, -0.15) is 0 Å². The molecule has 0 rings (SSSR count). The molecule has 10 heteroatoms. The van der Waals surface area contributed by atoms with Crippen LogP contribution in [0.15, 0.2) is 24.3 Å². The Morgan fingerprint density at radius 1 is 0.517 bits per heavy atom. The maximum atomic E-state index is 12.1. The van der Waals surface area contributed by atoms with Gasteiger partial charge in [0.25, 0.3) is 0 Å². The molecule has 2 atom stereocenters. The van der Waals surface area contributed by atoms with Crippen LogP contribution in [0.2, 0.25) is 0 Å². The molecule has 0 aromatic heterocycles. The highest BCUT2D eigenvalue weighted by Gasteiger charge is 2.23. The smallest absolute Gasteiger partial charge is 0.463 e. The number of phosphoric ester groups is 1. The van der Waals surface area contributed by atoms with Gasteiger partial charge in [0.2, 0.25) is 5.91 Å². The van der Waals surface area contributed by atoms with Gasteiger partial charge in [0.15, 0.2) is 0 Å². The highest BCUT2D eigenvalue weighted by Crippen LogP contribution is 2.42. The molecule has 0 saturated carbocycles. The van der Waals surface area contributed by atoms with E-state index in [2.05, 4.69) is 43.5 Å². The van der Waals surface area contributed by atoms with E-state index in [1.54, 1.807) is 0 Å². The van der Waals surface area contributed by atoms with Crippen molar-refractivity contribution >= 4 is 19.7 Å². The second kappa shape index (κ2) is 47.0. The van der Waals surface area contributed by atoms with Crippen molar-refractivity contribution in [2.24, 2.45) is 0 Å². The fraction of sp³-hybridized carbons (Fsp3) is 0.880. The van der Waals surface area contributed by atoms with E-state index in [0.717, 1.165) is 51.4 Å². The van der Waals surface area contributed by atoms with Crippen molar-refractivity contribution in [3.63, 3.8) is 0 Å². The molecule has 0 heterocycles. The first-order valence-electron chi connectivity index (χ1n) is 25.3. The number of hydrogen-bond acceptors (Lipinski definition) is 7. The number of carbonyl (C=O) groups is 2. The molecule has 0 bridgehead atoms. The number of esters is 1. The predicted octanol–water partition coefficient (Wildman–Crippen LogP) is 14.7. The first kappa shape index (κ1) is 58.5. The van der Waals surface area contributed by atoms with E-state index in [0.29, 0.717) is 6.42 Å². The zero-order chi connectivity index (χ0) is 43.9. The van der Waals surface area contributed by atoms with Crippen molar-refractivity contribution in [1.29, 1.82) is 0 Å². The van der Waals surface area contributed by atoms with Crippen LogP contribution < -0.4 is 5.32 Å².